The molecule has 2 aromatic carbocycles. The minimum atomic E-state index is -0.534. The Hall–Kier alpha value is -3.06. The van der Waals surface area contributed by atoms with Crippen molar-refractivity contribution in [3.8, 4) is 0 Å². The number of nitrogens with one attached hydrogen (secondary N) is 2. The molecule has 2 aliphatic rings. The molecule has 0 spiro atoms. The van der Waals surface area contributed by atoms with Crippen molar-refractivity contribution in [2.24, 2.45) is 0 Å². The van der Waals surface area contributed by atoms with E-state index in [9.17, 15) is 9.59 Å². The van der Waals surface area contributed by atoms with Crippen LogP contribution in [0.25, 0.3) is 0 Å². The van der Waals surface area contributed by atoms with Crippen LogP contribution in [0.3, 0.4) is 0 Å². The predicted molar refractivity (Wildman–Crippen MR) is 142 cm³/mol. The van der Waals surface area contributed by atoms with Crippen LogP contribution >= 0.6 is 0 Å². The Bertz CT molecular complexity index is 949. The average Bonchev–Trinajstić information content (AvgIpc) is 2.90. The highest BCUT2D eigenvalue weighted by Gasteiger charge is 2.27. The molecule has 188 valence electrons. The van der Waals surface area contributed by atoms with Gasteiger partial charge in [-0.15, -0.1) is 0 Å². The summed E-state index contributed by atoms with van der Waals surface area (Å²) in [5, 5.41) is 5.86. The lowest BCUT2D eigenvalue weighted by molar-refractivity contribution is -0.139. The fourth-order valence-electron chi connectivity index (χ4n) is 5.15. The van der Waals surface area contributed by atoms with Crippen LogP contribution in [0.5, 0.6) is 0 Å². The molecule has 7 heteroatoms. The summed E-state index contributed by atoms with van der Waals surface area (Å²) in [4.78, 5) is 32.1. The molecule has 0 aromatic heterocycles. The predicted octanol–water partition coefficient (Wildman–Crippen LogP) is 3.18. The Balaban J connectivity index is 1.40. The van der Waals surface area contributed by atoms with Gasteiger partial charge in [0, 0.05) is 64.2 Å². The van der Waals surface area contributed by atoms with Gasteiger partial charge in [-0.25, -0.2) is 0 Å². The highest BCUT2D eigenvalue weighted by Crippen LogP contribution is 2.26. The third-order valence-electron chi connectivity index (χ3n) is 7.27. The Kier molecular flexibility index (Phi) is 8.64. The zero-order chi connectivity index (χ0) is 24.6. The van der Waals surface area contributed by atoms with Gasteiger partial charge in [0.05, 0.1) is 6.04 Å². The van der Waals surface area contributed by atoms with Gasteiger partial charge in [0.15, 0.2) is 0 Å². The summed E-state index contributed by atoms with van der Waals surface area (Å²) in [6, 6.07) is 19.1. The maximum Gasteiger partial charge on any atom is 0.309 e. The van der Waals surface area contributed by atoms with Crippen LogP contribution in [0.2, 0.25) is 0 Å². The Morgan fingerprint density at radius 2 is 1.54 bits per heavy atom. The van der Waals surface area contributed by atoms with Gasteiger partial charge in [-0.2, -0.15) is 0 Å². The van der Waals surface area contributed by atoms with Crippen molar-refractivity contribution in [1.82, 2.24) is 15.5 Å². The first-order valence-electron chi connectivity index (χ1n) is 12.9. The first-order chi connectivity index (χ1) is 17.0. The van der Waals surface area contributed by atoms with E-state index in [0.717, 1.165) is 63.1 Å². The molecule has 4 rings (SSSR count). The fourth-order valence-corrected chi connectivity index (χ4v) is 5.15. The molecule has 35 heavy (non-hydrogen) atoms. The number of carbonyl (C=O) groups excluding carboxylic acids is 2. The monoisotopic (exact) mass is 477 g/mol. The van der Waals surface area contributed by atoms with Crippen molar-refractivity contribution < 1.29 is 9.59 Å². The molecule has 7 nitrogen and oxygen atoms in total. The molecule has 1 heterocycles. The number of rotatable bonds is 7. The number of carbonyl (C=O) groups is 2. The summed E-state index contributed by atoms with van der Waals surface area (Å²) < 4.78 is 0. The van der Waals surface area contributed by atoms with Crippen LogP contribution in [-0.4, -0.2) is 69.6 Å². The van der Waals surface area contributed by atoms with Crippen molar-refractivity contribution in [1.29, 1.82) is 0 Å². The SMILES string of the molecule is CN(C)c1ccc(C(CNC(=O)C(=O)NC2CCCCC2)N2CCN(c3ccccc3)CC2)cc1. The number of amides is 2. The molecule has 1 unspecified atom stereocenters. The van der Waals surface area contributed by atoms with E-state index in [-0.39, 0.29) is 12.1 Å². The zero-order valence-corrected chi connectivity index (χ0v) is 21.1. The molecule has 2 fully saturated rings. The van der Waals surface area contributed by atoms with E-state index >= 15 is 0 Å². The van der Waals surface area contributed by atoms with Gasteiger partial charge >= 0.3 is 11.8 Å². The quantitative estimate of drug-likeness (QED) is 0.600. The van der Waals surface area contributed by atoms with Crippen LogP contribution in [0, 0.1) is 0 Å². The van der Waals surface area contributed by atoms with E-state index in [2.05, 4.69) is 73.9 Å². The minimum absolute atomic E-state index is 0.00978. The summed E-state index contributed by atoms with van der Waals surface area (Å²) >= 11 is 0. The molecule has 1 atom stereocenters. The molecular formula is C28H39N5O2. The van der Waals surface area contributed by atoms with Gasteiger partial charge in [-0.3, -0.25) is 14.5 Å². The normalized spacial score (nSPS) is 18.1. The summed E-state index contributed by atoms with van der Waals surface area (Å²) in [6.45, 7) is 4.03. The number of benzene rings is 2. The molecule has 1 aliphatic carbocycles. The molecule has 1 saturated carbocycles. The topological polar surface area (TPSA) is 67.9 Å². The van der Waals surface area contributed by atoms with Crippen molar-refractivity contribution >= 4 is 23.2 Å². The molecule has 1 aliphatic heterocycles. The van der Waals surface area contributed by atoms with Crippen LogP contribution in [0.1, 0.15) is 43.7 Å². The Morgan fingerprint density at radius 1 is 0.886 bits per heavy atom. The van der Waals surface area contributed by atoms with Crippen LogP contribution in [-0.2, 0) is 9.59 Å². The molecule has 2 aromatic rings. The van der Waals surface area contributed by atoms with E-state index in [0.29, 0.717) is 6.54 Å². The maximum atomic E-state index is 12.7. The number of nitrogens with zero attached hydrogens (tertiary/aromatic N) is 3. The summed E-state index contributed by atoms with van der Waals surface area (Å²) in [5.74, 6) is -1.04. The van der Waals surface area contributed by atoms with Crippen molar-refractivity contribution in [3.05, 3.63) is 60.2 Å². The van der Waals surface area contributed by atoms with Gasteiger partial charge in [0.2, 0.25) is 0 Å². The number of piperazine rings is 1. The lowest BCUT2D eigenvalue weighted by Gasteiger charge is -2.40. The molecule has 1 saturated heterocycles. The smallest absolute Gasteiger partial charge is 0.309 e. The second kappa shape index (κ2) is 12.1. The van der Waals surface area contributed by atoms with E-state index in [1.807, 2.05) is 20.2 Å². The Labute approximate surface area is 209 Å². The molecule has 2 N–H and O–H groups in total. The maximum absolute atomic E-state index is 12.7. The van der Waals surface area contributed by atoms with Crippen molar-refractivity contribution in [3.63, 3.8) is 0 Å². The third kappa shape index (κ3) is 6.75. The highest BCUT2D eigenvalue weighted by molar-refractivity contribution is 6.35. The van der Waals surface area contributed by atoms with Crippen LogP contribution < -0.4 is 20.4 Å². The number of para-hydroxylation sites is 1. The first kappa shape index (κ1) is 25.0. The van der Waals surface area contributed by atoms with Crippen LogP contribution in [0.4, 0.5) is 11.4 Å². The summed E-state index contributed by atoms with van der Waals surface area (Å²) in [6.07, 6.45) is 5.38. The standard InChI is InChI=1S/C28H39N5O2/c1-31(2)24-15-13-22(14-16-24)26(21-29-27(34)28(35)30-23-9-5-3-6-10-23)33-19-17-32(18-20-33)25-11-7-4-8-12-25/h4,7-8,11-16,23,26H,3,5-6,9-10,17-21H2,1-2H3,(H,29,34)(H,30,35). The van der Waals surface area contributed by atoms with Gasteiger partial charge in [-0.05, 0) is 42.7 Å². The second-order valence-corrected chi connectivity index (χ2v) is 9.88. The van der Waals surface area contributed by atoms with Gasteiger partial charge < -0.3 is 20.4 Å². The number of anilines is 2. The minimum Gasteiger partial charge on any atom is -0.378 e. The Morgan fingerprint density at radius 3 is 2.17 bits per heavy atom. The number of hydrogen-bond donors (Lipinski definition) is 2. The van der Waals surface area contributed by atoms with E-state index in [1.54, 1.807) is 0 Å². The fraction of sp³-hybridized carbons (Fsp3) is 0.500. The van der Waals surface area contributed by atoms with E-state index < -0.39 is 11.8 Å². The lowest BCUT2D eigenvalue weighted by Crippen LogP contribution is -2.51. The van der Waals surface area contributed by atoms with Crippen LogP contribution in [0.15, 0.2) is 54.6 Å². The molecule has 0 bridgehead atoms. The van der Waals surface area contributed by atoms with E-state index in [1.165, 1.54) is 12.1 Å². The first-order valence-corrected chi connectivity index (χ1v) is 12.9. The summed E-state index contributed by atoms with van der Waals surface area (Å²) in [7, 11) is 4.06. The molecular weight excluding hydrogens is 438 g/mol. The largest absolute Gasteiger partial charge is 0.378 e. The van der Waals surface area contributed by atoms with Crippen molar-refractivity contribution in [2.45, 2.75) is 44.2 Å². The van der Waals surface area contributed by atoms with Gasteiger partial charge in [0.25, 0.3) is 0 Å². The van der Waals surface area contributed by atoms with Crippen molar-refractivity contribution in [2.75, 3.05) is 56.6 Å². The van der Waals surface area contributed by atoms with E-state index in [4.69, 9.17) is 0 Å². The molecule has 2 amide bonds. The lowest BCUT2D eigenvalue weighted by atomic mass is 9.95. The van der Waals surface area contributed by atoms with Gasteiger partial charge in [-0.1, -0.05) is 49.6 Å². The number of hydrogen-bond acceptors (Lipinski definition) is 5. The summed E-state index contributed by atoms with van der Waals surface area (Å²) in [5.41, 5.74) is 3.53. The van der Waals surface area contributed by atoms with Gasteiger partial charge in [0.1, 0.15) is 0 Å². The highest BCUT2D eigenvalue weighted by atomic mass is 16.2. The third-order valence-corrected chi connectivity index (χ3v) is 7.27. The zero-order valence-electron chi connectivity index (χ0n) is 21.1. The average molecular weight is 478 g/mol. The second-order valence-electron chi connectivity index (χ2n) is 9.88. The molecule has 0 radical (unpaired) electrons.